The predicted molar refractivity (Wildman–Crippen MR) is 64.0 cm³/mol. The average molecular weight is 245 g/mol. The Labute approximate surface area is 98.6 Å². The van der Waals surface area contributed by atoms with Gasteiger partial charge in [0.1, 0.15) is 0 Å². The molecule has 0 spiro atoms. The van der Waals surface area contributed by atoms with Gasteiger partial charge in [-0.25, -0.2) is 4.79 Å². The predicted octanol–water partition coefficient (Wildman–Crippen LogP) is 3.93. The van der Waals surface area contributed by atoms with Crippen LogP contribution in [0.4, 0.5) is 0 Å². The summed E-state index contributed by atoms with van der Waals surface area (Å²) in [6.07, 6.45) is 0. The van der Waals surface area contributed by atoms with Gasteiger partial charge >= 0.3 is 5.97 Å². The van der Waals surface area contributed by atoms with Crippen molar-refractivity contribution in [1.29, 1.82) is 0 Å². The van der Waals surface area contributed by atoms with E-state index in [4.69, 9.17) is 16.7 Å². The number of carboxylic acids is 1. The molecule has 0 aliphatic rings. The van der Waals surface area contributed by atoms with E-state index in [9.17, 15) is 4.79 Å². The van der Waals surface area contributed by atoms with E-state index in [1.165, 1.54) is 17.8 Å². The number of halogens is 1. The standard InChI is InChI=1S/C11H13ClO2S/c1-11(2,3)15-9-5-4-7(12)6-8(9)10(13)14/h4-6H,1-3H3,(H,13,14). The molecule has 0 heterocycles. The molecule has 0 radical (unpaired) electrons. The number of hydrogen-bond acceptors (Lipinski definition) is 2. The maximum absolute atomic E-state index is 11.0. The Kier molecular flexibility index (Phi) is 3.68. The lowest BCUT2D eigenvalue weighted by molar-refractivity contribution is 0.0693. The zero-order valence-corrected chi connectivity index (χ0v) is 10.4. The van der Waals surface area contributed by atoms with Crippen LogP contribution in [-0.2, 0) is 0 Å². The molecule has 0 atom stereocenters. The number of carbonyl (C=O) groups is 1. The molecule has 0 aromatic heterocycles. The SMILES string of the molecule is CC(C)(C)Sc1ccc(Cl)cc1C(=O)O. The molecule has 82 valence electrons. The van der Waals surface area contributed by atoms with Crippen LogP contribution in [0, 0.1) is 0 Å². The summed E-state index contributed by atoms with van der Waals surface area (Å²) < 4.78 is -0.0158. The third kappa shape index (κ3) is 3.76. The largest absolute Gasteiger partial charge is 0.478 e. The summed E-state index contributed by atoms with van der Waals surface area (Å²) in [6, 6.07) is 4.95. The Hall–Kier alpha value is -0.670. The van der Waals surface area contributed by atoms with Crippen molar-refractivity contribution in [2.24, 2.45) is 0 Å². The Morgan fingerprint density at radius 2 is 2.00 bits per heavy atom. The maximum atomic E-state index is 11.0. The zero-order valence-electron chi connectivity index (χ0n) is 8.87. The maximum Gasteiger partial charge on any atom is 0.336 e. The number of hydrogen-bond donors (Lipinski definition) is 1. The van der Waals surface area contributed by atoms with Gasteiger partial charge in [0.05, 0.1) is 5.56 Å². The van der Waals surface area contributed by atoms with Crippen molar-refractivity contribution in [1.82, 2.24) is 0 Å². The van der Waals surface area contributed by atoms with Gasteiger partial charge in [-0.15, -0.1) is 11.8 Å². The summed E-state index contributed by atoms with van der Waals surface area (Å²) in [4.78, 5) is 11.7. The molecule has 1 aromatic carbocycles. The van der Waals surface area contributed by atoms with E-state index >= 15 is 0 Å². The molecular formula is C11H13ClO2S. The Bertz CT molecular complexity index is 383. The number of benzene rings is 1. The highest BCUT2D eigenvalue weighted by atomic mass is 35.5. The lowest BCUT2D eigenvalue weighted by Crippen LogP contribution is -2.09. The van der Waals surface area contributed by atoms with Crippen LogP contribution in [-0.4, -0.2) is 15.8 Å². The van der Waals surface area contributed by atoms with Crippen molar-refractivity contribution in [3.05, 3.63) is 28.8 Å². The van der Waals surface area contributed by atoms with Gasteiger partial charge in [0.2, 0.25) is 0 Å². The molecular weight excluding hydrogens is 232 g/mol. The quantitative estimate of drug-likeness (QED) is 0.801. The zero-order chi connectivity index (χ0) is 11.6. The van der Waals surface area contributed by atoms with Crippen LogP contribution in [0.25, 0.3) is 0 Å². The van der Waals surface area contributed by atoms with E-state index in [0.29, 0.717) is 5.02 Å². The van der Waals surface area contributed by atoms with Crippen LogP contribution in [0.5, 0.6) is 0 Å². The smallest absolute Gasteiger partial charge is 0.336 e. The molecule has 2 nitrogen and oxygen atoms in total. The van der Waals surface area contributed by atoms with E-state index in [2.05, 4.69) is 0 Å². The number of aromatic carboxylic acids is 1. The van der Waals surface area contributed by atoms with Gasteiger partial charge in [-0.2, -0.15) is 0 Å². The van der Waals surface area contributed by atoms with Crippen LogP contribution in [0.2, 0.25) is 5.02 Å². The first kappa shape index (κ1) is 12.4. The minimum Gasteiger partial charge on any atom is -0.478 e. The highest BCUT2D eigenvalue weighted by molar-refractivity contribution is 8.00. The minimum absolute atomic E-state index is 0.0158. The molecule has 0 bridgehead atoms. The molecule has 4 heteroatoms. The average Bonchev–Trinajstić information content (AvgIpc) is 2.05. The first-order valence-electron chi connectivity index (χ1n) is 4.51. The van der Waals surface area contributed by atoms with Crippen molar-refractivity contribution in [2.75, 3.05) is 0 Å². The van der Waals surface area contributed by atoms with Crippen LogP contribution in [0.1, 0.15) is 31.1 Å². The highest BCUT2D eigenvalue weighted by Gasteiger charge is 2.18. The molecule has 0 aliphatic carbocycles. The van der Waals surface area contributed by atoms with E-state index < -0.39 is 5.97 Å². The molecule has 1 N–H and O–H groups in total. The van der Waals surface area contributed by atoms with E-state index in [1.807, 2.05) is 20.8 Å². The van der Waals surface area contributed by atoms with Gasteiger partial charge in [0.25, 0.3) is 0 Å². The van der Waals surface area contributed by atoms with Crippen molar-refractivity contribution in [2.45, 2.75) is 30.4 Å². The summed E-state index contributed by atoms with van der Waals surface area (Å²) in [6.45, 7) is 6.12. The summed E-state index contributed by atoms with van der Waals surface area (Å²) >= 11 is 7.28. The van der Waals surface area contributed by atoms with Gasteiger partial charge in [0, 0.05) is 14.7 Å². The normalized spacial score (nSPS) is 11.5. The highest BCUT2D eigenvalue weighted by Crippen LogP contribution is 2.35. The van der Waals surface area contributed by atoms with Gasteiger partial charge in [-0.05, 0) is 18.2 Å². The molecule has 1 aromatic rings. The summed E-state index contributed by atoms with van der Waals surface area (Å²) in [5.41, 5.74) is 0.266. The molecule has 0 aliphatic heterocycles. The minimum atomic E-state index is -0.941. The van der Waals surface area contributed by atoms with Crippen LogP contribution in [0.3, 0.4) is 0 Å². The van der Waals surface area contributed by atoms with Gasteiger partial charge in [-0.1, -0.05) is 32.4 Å². The first-order chi connectivity index (χ1) is 6.79. The van der Waals surface area contributed by atoms with E-state index in [0.717, 1.165) is 4.90 Å². The lowest BCUT2D eigenvalue weighted by atomic mass is 10.2. The number of rotatable bonds is 2. The van der Waals surface area contributed by atoms with Crippen LogP contribution >= 0.6 is 23.4 Å². The molecule has 0 fully saturated rings. The second-order valence-corrected chi connectivity index (χ2v) is 6.47. The Morgan fingerprint density at radius 1 is 1.40 bits per heavy atom. The van der Waals surface area contributed by atoms with Crippen LogP contribution in [0.15, 0.2) is 23.1 Å². The van der Waals surface area contributed by atoms with E-state index in [-0.39, 0.29) is 10.3 Å². The number of carboxylic acid groups (broad SMARTS) is 1. The summed E-state index contributed by atoms with van der Waals surface area (Å²) in [7, 11) is 0. The lowest BCUT2D eigenvalue weighted by Gasteiger charge is -2.18. The van der Waals surface area contributed by atoms with Crippen LogP contribution < -0.4 is 0 Å². The monoisotopic (exact) mass is 244 g/mol. The van der Waals surface area contributed by atoms with E-state index in [1.54, 1.807) is 12.1 Å². The van der Waals surface area contributed by atoms with Gasteiger partial charge in [0.15, 0.2) is 0 Å². The fourth-order valence-electron chi connectivity index (χ4n) is 1.09. The van der Waals surface area contributed by atoms with Gasteiger partial charge < -0.3 is 5.11 Å². The number of thioether (sulfide) groups is 1. The van der Waals surface area contributed by atoms with Crippen molar-refractivity contribution < 1.29 is 9.90 Å². The molecule has 0 saturated heterocycles. The first-order valence-corrected chi connectivity index (χ1v) is 5.71. The Balaban J connectivity index is 3.12. The third-order valence-electron chi connectivity index (χ3n) is 1.59. The molecule has 0 amide bonds. The third-order valence-corrected chi connectivity index (χ3v) is 3.01. The summed E-state index contributed by atoms with van der Waals surface area (Å²) in [5.74, 6) is -0.941. The molecule has 15 heavy (non-hydrogen) atoms. The second-order valence-electron chi connectivity index (χ2n) is 4.16. The summed E-state index contributed by atoms with van der Waals surface area (Å²) in [5, 5.41) is 9.46. The molecule has 1 rings (SSSR count). The van der Waals surface area contributed by atoms with Crippen molar-refractivity contribution in [3.63, 3.8) is 0 Å². The topological polar surface area (TPSA) is 37.3 Å². The fraction of sp³-hybridized carbons (Fsp3) is 0.364. The molecule has 0 unspecified atom stereocenters. The second kappa shape index (κ2) is 4.45. The fourth-order valence-corrected chi connectivity index (χ4v) is 2.31. The van der Waals surface area contributed by atoms with Crippen molar-refractivity contribution >= 4 is 29.3 Å². The van der Waals surface area contributed by atoms with Crippen molar-refractivity contribution in [3.8, 4) is 0 Å². The van der Waals surface area contributed by atoms with Gasteiger partial charge in [-0.3, -0.25) is 0 Å². The molecule has 0 saturated carbocycles. The Morgan fingerprint density at radius 3 is 2.47 bits per heavy atom.